The molecule has 4 nitrogen and oxygen atoms in total. The molecule has 1 N–H and O–H groups in total. The van der Waals surface area contributed by atoms with E-state index in [0.717, 1.165) is 12.1 Å². The Morgan fingerprint density at radius 1 is 0.897 bits per heavy atom. The van der Waals surface area contributed by atoms with Crippen molar-refractivity contribution < 1.29 is 18.0 Å². The summed E-state index contributed by atoms with van der Waals surface area (Å²) in [6.45, 7) is 1.65. The van der Waals surface area contributed by atoms with Crippen molar-refractivity contribution in [2.45, 2.75) is 6.92 Å². The van der Waals surface area contributed by atoms with Gasteiger partial charge in [-0.05, 0) is 31.2 Å². The number of nitrogens with one attached hydrogen (secondary N) is 1. The Hall–Kier alpha value is -3.80. The Bertz CT molecular complexity index is 1280. The summed E-state index contributed by atoms with van der Waals surface area (Å²) in [7, 11) is 0. The van der Waals surface area contributed by atoms with E-state index in [0.29, 0.717) is 16.9 Å². The van der Waals surface area contributed by atoms with Gasteiger partial charge >= 0.3 is 0 Å². The molecular weight excluding hydrogens is 376 g/mol. The molecule has 29 heavy (non-hydrogen) atoms. The lowest BCUT2D eigenvalue weighted by Crippen LogP contribution is -2.16. The summed E-state index contributed by atoms with van der Waals surface area (Å²) in [6.07, 6.45) is 0. The molecule has 6 heteroatoms. The molecule has 0 spiro atoms. The highest BCUT2D eigenvalue weighted by Crippen LogP contribution is 2.28. The summed E-state index contributed by atoms with van der Waals surface area (Å²) < 4.78 is 33.8. The minimum atomic E-state index is -0.902. The van der Waals surface area contributed by atoms with Crippen molar-refractivity contribution in [3.63, 3.8) is 0 Å². The number of hydrogen-bond acceptors (Lipinski definition) is 3. The third-order valence-corrected chi connectivity index (χ3v) is 4.63. The minimum absolute atomic E-state index is 0.000524. The number of anilines is 1. The van der Waals surface area contributed by atoms with Crippen LogP contribution >= 0.6 is 0 Å². The summed E-state index contributed by atoms with van der Waals surface area (Å²) in [4.78, 5) is 25.6. The summed E-state index contributed by atoms with van der Waals surface area (Å²) in [5, 5.41) is 2.44. The Labute approximate surface area is 164 Å². The van der Waals surface area contributed by atoms with Crippen molar-refractivity contribution in [2.75, 3.05) is 5.32 Å². The molecule has 0 radical (unpaired) electrons. The zero-order valence-electron chi connectivity index (χ0n) is 15.3. The largest absolute Gasteiger partial charge is 0.455 e. The fourth-order valence-electron chi connectivity index (χ4n) is 3.15. The average molecular weight is 391 g/mol. The molecule has 1 heterocycles. The van der Waals surface area contributed by atoms with Gasteiger partial charge in [0.2, 0.25) is 0 Å². The summed E-state index contributed by atoms with van der Waals surface area (Å²) in [5.74, 6) is -2.26. The summed E-state index contributed by atoms with van der Waals surface area (Å²) >= 11 is 0. The Morgan fingerprint density at radius 3 is 2.24 bits per heavy atom. The molecule has 0 aliphatic rings. The fourth-order valence-corrected chi connectivity index (χ4v) is 3.15. The first-order chi connectivity index (χ1) is 14.0. The van der Waals surface area contributed by atoms with Crippen molar-refractivity contribution in [1.29, 1.82) is 0 Å². The zero-order chi connectivity index (χ0) is 20.5. The van der Waals surface area contributed by atoms with E-state index in [1.807, 2.05) is 6.07 Å². The van der Waals surface area contributed by atoms with Crippen LogP contribution in [-0.2, 0) is 0 Å². The summed E-state index contributed by atoms with van der Waals surface area (Å²) in [5.41, 5.74) is 0.292. The van der Waals surface area contributed by atoms with Gasteiger partial charge < -0.3 is 9.73 Å². The highest BCUT2D eigenvalue weighted by molar-refractivity contribution is 6.11. The molecule has 0 fully saturated rings. The third-order valence-electron chi connectivity index (χ3n) is 4.63. The highest BCUT2D eigenvalue weighted by atomic mass is 19.1. The number of rotatable bonds is 3. The lowest BCUT2D eigenvalue weighted by atomic mass is 10.0. The first kappa shape index (κ1) is 18.6. The van der Waals surface area contributed by atoms with E-state index in [-0.39, 0.29) is 22.0 Å². The van der Waals surface area contributed by atoms with Crippen molar-refractivity contribution in [3.8, 4) is 11.3 Å². The van der Waals surface area contributed by atoms with Crippen LogP contribution in [0.1, 0.15) is 15.9 Å². The van der Waals surface area contributed by atoms with E-state index in [1.165, 1.54) is 18.2 Å². The van der Waals surface area contributed by atoms with Gasteiger partial charge in [-0.15, -0.1) is 0 Å². The second-order valence-corrected chi connectivity index (χ2v) is 6.48. The zero-order valence-corrected chi connectivity index (χ0v) is 15.3. The predicted molar refractivity (Wildman–Crippen MR) is 107 cm³/mol. The molecule has 0 saturated heterocycles. The Balaban J connectivity index is 1.88. The van der Waals surface area contributed by atoms with Crippen LogP contribution in [0.2, 0.25) is 0 Å². The van der Waals surface area contributed by atoms with Crippen molar-refractivity contribution in [3.05, 3.63) is 99.7 Å². The lowest BCUT2D eigenvalue weighted by Gasteiger charge is -2.11. The molecule has 0 saturated carbocycles. The SMILES string of the molecule is Cc1c(-c2ccccc2)oc2c(C(=O)Nc3c(F)cccc3F)cccc2c1=O. The second kappa shape index (κ2) is 7.31. The van der Waals surface area contributed by atoms with Crippen molar-refractivity contribution in [2.24, 2.45) is 0 Å². The average Bonchev–Trinajstić information content (AvgIpc) is 2.73. The van der Waals surface area contributed by atoms with Crippen LogP contribution in [0.5, 0.6) is 0 Å². The van der Waals surface area contributed by atoms with E-state index in [1.54, 1.807) is 37.3 Å². The first-order valence-corrected chi connectivity index (χ1v) is 8.84. The number of benzene rings is 3. The van der Waals surface area contributed by atoms with Gasteiger partial charge in [-0.1, -0.05) is 42.5 Å². The number of amides is 1. The van der Waals surface area contributed by atoms with E-state index >= 15 is 0 Å². The lowest BCUT2D eigenvalue weighted by molar-refractivity contribution is 0.102. The van der Waals surface area contributed by atoms with E-state index in [9.17, 15) is 18.4 Å². The van der Waals surface area contributed by atoms with Gasteiger partial charge in [0, 0.05) is 11.1 Å². The topological polar surface area (TPSA) is 59.3 Å². The Kier molecular flexibility index (Phi) is 4.68. The fraction of sp³-hybridized carbons (Fsp3) is 0.0435. The minimum Gasteiger partial charge on any atom is -0.455 e. The summed E-state index contributed by atoms with van der Waals surface area (Å²) in [6, 6.07) is 16.8. The number of carbonyl (C=O) groups excluding carboxylic acids is 1. The molecule has 4 aromatic rings. The number of halogens is 2. The van der Waals surface area contributed by atoms with Crippen LogP contribution in [0.4, 0.5) is 14.5 Å². The van der Waals surface area contributed by atoms with E-state index in [2.05, 4.69) is 5.32 Å². The van der Waals surface area contributed by atoms with Crippen LogP contribution in [-0.4, -0.2) is 5.91 Å². The number of fused-ring (bicyclic) bond motifs is 1. The van der Waals surface area contributed by atoms with Gasteiger partial charge in [-0.2, -0.15) is 0 Å². The quantitative estimate of drug-likeness (QED) is 0.516. The highest BCUT2D eigenvalue weighted by Gasteiger charge is 2.20. The molecule has 0 atom stereocenters. The third kappa shape index (κ3) is 3.29. The molecule has 0 aliphatic carbocycles. The first-order valence-electron chi connectivity index (χ1n) is 8.84. The van der Waals surface area contributed by atoms with Gasteiger partial charge in [0.1, 0.15) is 23.1 Å². The maximum Gasteiger partial charge on any atom is 0.259 e. The Morgan fingerprint density at radius 2 is 1.55 bits per heavy atom. The number of hydrogen-bond donors (Lipinski definition) is 1. The smallest absolute Gasteiger partial charge is 0.259 e. The van der Waals surface area contributed by atoms with Gasteiger partial charge in [-0.3, -0.25) is 9.59 Å². The van der Waals surface area contributed by atoms with Gasteiger partial charge in [0.15, 0.2) is 11.0 Å². The monoisotopic (exact) mass is 391 g/mol. The normalized spacial score (nSPS) is 10.9. The number of carbonyl (C=O) groups is 1. The molecular formula is C23H15F2NO3. The molecule has 4 rings (SSSR count). The molecule has 0 unspecified atom stereocenters. The van der Waals surface area contributed by atoms with Crippen LogP contribution in [0.15, 0.2) is 75.9 Å². The van der Waals surface area contributed by atoms with E-state index < -0.39 is 23.2 Å². The molecule has 0 bridgehead atoms. The van der Waals surface area contributed by atoms with Crippen LogP contribution in [0.3, 0.4) is 0 Å². The molecule has 144 valence electrons. The molecule has 3 aromatic carbocycles. The maximum absolute atomic E-state index is 13.9. The van der Waals surface area contributed by atoms with Crippen LogP contribution < -0.4 is 10.7 Å². The maximum atomic E-state index is 13.9. The molecule has 1 amide bonds. The van der Waals surface area contributed by atoms with Crippen molar-refractivity contribution in [1.82, 2.24) is 0 Å². The molecule has 1 aromatic heterocycles. The molecule has 0 aliphatic heterocycles. The van der Waals surface area contributed by atoms with E-state index in [4.69, 9.17) is 4.42 Å². The van der Waals surface area contributed by atoms with Crippen LogP contribution in [0.25, 0.3) is 22.3 Å². The van der Waals surface area contributed by atoms with Crippen molar-refractivity contribution >= 4 is 22.6 Å². The van der Waals surface area contributed by atoms with Crippen LogP contribution in [0, 0.1) is 18.6 Å². The standard InChI is InChI=1S/C23H15F2NO3/c1-13-20(27)15-9-5-10-16(22(15)29-21(13)14-7-3-2-4-8-14)23(28)26-19-17(24)11-6-12-18(19)25/h2-12H,1H3,(H,26,28). The predicted octanol–water partition coefficient (Wildman–Crippen LogP) is 5.30. The van der Waals surface area contributed by atoms with Gasteiger partial charge in [-0.25, -0.2) is 8.78 Å². The van der Waals surface area contributed by atoms with Gasteiger partial charge in [0.05, 0.1) is 10.9 Å². The number of para-hydroxylation sites is 2. The van der Waals surface area contributed by atoms with Gasteiger partial charge in [0.25, 0.3) is 5.91 Å². The second-order valence-electron chi connectivity index (χ2n) is 6.48.